The van der Waals surface area contributed by atoms with Crippen LogP contribution in [-0.4, -0.2) is 40.9 Å². The van der Waals surface area contributed by atoms with E-state index in [1.165, 1.54) is 45.6 Å². The van der Waals surface area contributed by atoms with Crippen LogP contribution in [0.25, 0.3) is 33.4 Å². The van der Waals surface area contributed by atoms with E-state index in [2.05, 4.69) is 103 Å². The number of carbonyl (C=O) groups is 1. The minimum Gasteiger partial charge on any atom is -0.543 e. The molecule has 0 amide bonds. The zero-order chi connectivity index (χ0) is 32.1. The molecule has 0 saturated heterocycles. The third-order valence-corrected chi connectivity index (χ3v) is 7.81. The van der Waals surface area contributed by atoms with Gasteiger partial charge < -0.3 is 9.90 Å². The number of carboxylic acids is 1. The number of hydrogen-bond acceptors (Lipinski definition) is 7. The summed E-state index contributed by atoms with van der Waals surface area (Å²) in [7, 11) is 0. The second kappa shape index (κ2) is 14.8. The topological polar surface area (TPSA) is 114 Å². The molecule has 46 heavy (non-hydrogen) atoms. The van der Waals surface area contributed by atoms with Crippen LogP contribution in [0.4, 0.5) is 0 Å². The maximum atomic E-state index is 10.0. The molecule has 9 nitrogen and oxygen atoms in total. The van der Waals surface area contributed by atoms with Gasteiger partial charge in [-0.1, -0.05) is 18.2 Å². The normalized spacial score (nSPS) is 10.4. The van der Waals surface area contributed by atoms with Crippen LogP contribution in [0.15, 0.2) is 85.1 Å². The molecule has 0 atom stereocenters. The fraction of sp³-hybridized carbons (Fsp3) is 0.167. The van der Waals surface area contributed by atoms with Crippen LogP contribution < -0.4 is 5.11 Å². The van der Waals surface area contributed by atoms with E-state index in [0.29, 0.717) is 0 Å². The van der Waals surface area contributed by atoms with Gasteiger partial charge in [-0.3, -0.25) is 4.98 Å². The maximum Gasteiger partial charge on any atom is 3.00 e. The summed E-state index contributed by atoms with van der Waals surface area (Å²) in [5.74, 6) is -1.24. The van der Waals surface area contributed by atoms with Crippen molar-refractivity contribution in [1.29, 1.82) is 0 Å². The molecule has 7 rings (SSSR count). The first-order chi connectivity index (χ1) is 21.6. The van der Waals surface area contributed by atoms with Gasteiger partial charge in [-0.15, -0.1) is 24.3 Å². The van der Waals surface area contributed by atoms with Gasteiger partial charge in [0.1, 0.15) is 0 Å². The van der Waals surface area contributed by atoms with Crippen molar-refractivity contribution in [2.75, 3.05) is 0 Å². The van der Waals surface area contributed by atoms with Crippen LogP contribution in [-0.2, 0) is 20.1 Å². The number of pyridine rings is 1. The fourth-order valence-electron chi connectivity index (χ4n) is 4.62. The van der Waals surface area contributed by atoms with E-state index in [1.807, 2.05) is 36.4 Å². The predicted octanol–water partition coefficient (Wildman–Crippen LogP) is 5.73. The Kier molecular flexibility index (Phi) is 10.9. The molecule has 7 aromatic rings. The minimum atomic E-state index is -1.24. The number of carboxylic acid groups (broad SMARTS) is 1. The zero-order valence-electron chi connectivity index (χ0n) is 26.4. The number of aromatic carboxylic acids is 1. The molecule has 0 saturated carbocycles. The molecule has 0 fully saturated rings. The van der Waals surface area contributed by atoms with E-state index in [-0.39, 0.29) is 25.8 Å². The third kappa shape index (κ3) is 7.42. The first kappa shape index (κ1) is 33.8. The maximum absolute atomic E-state index is 10.0. The van der Waals surface area contributed by atoms with E-state index in [4.69, 9.17) is 0 Å². The van der Waals surface area contributed by atoms with Crippen LogP contribution >= 0.6 is 0 Å². The van der Waals surface area contributed by atoms with Crippen LogP contribution in [0.1, 0.15) is 43.9 Å². The second-order valence-corrected chi connectivity index (χ2v) is 10.6. The summed E-state index contributed by atoms with van der Waals surface area (Å²) in [6.07, 6.45) is 1.41. The van der Waals surface area contributed by atoms with Crippen LogP contribution in [0.3, 0.4) is 0 Å². The molecule has 4 aromatic carbocycles. The molecule has 0 unspecified atom stereocenters. The molecule has 0 aliphatic carbocycles. The molecule has 3 aromatic heterocycles. The SMILES string of the molecule is Cc1ccc(-n2nc3c[c-]ccc3n2)c(C)c1C.Cc1ccc(-n2nc3c[c-]ccc3n2)c(C)c1C.O=C([O-])c1ccccn1.[Ir+3]. The molecule has 232 valence electrons. The van der Waals surface area contributed by atoms with Crippen LogP contribution in [0, 0.1) is 53.7 Å². The number of aryl methyl sites for hydroxylation is 2. The summed E-state index contributed by atoms with van der Waals surface area (Å²) >= 11 is 0. The van der Waals surface area contributed by atoms with Crippen molar-refractivity contribution in [2.24, 2.45) is 0 Å². The Bertz CT molecular complexity index is 1930. The van der Waals surface area contributed by atoms with Gasteiger partial charge in [0.15, 0.2) is 0 Å². The number of aromatic nitrogens is 7. The van der Waals surface area contributed by atoms with Gasteiger partial charge in [0, 0.05) is 28.3 Å². The van der Waals surface area contributed by atoms with Crippen LogP contribution in [0.2, 0.25) is 0 Å². The summed E-state index contributed by atoms with van der Waals surface area (Å²) in [6, 6.07) is 30.3. The molecule has 3 heterocycles. The monoisotopic (exact) mass is 787 g/mol. The Balaban J connectivity index is 0.000000164. The van der Waals surface area contributed by atoms with E-state index in [1.54, 1.807) is 21.7 Å². The van der Waals surface area contributed by atoms with Gasteiger partial charge in [0.2, 0.25) is 0 Å². The van der Waals surface area contributed by atoms with Crippen molar-refractivity contribution < 1.29 is 30.0 Å². The summed E-state index contributed by atoms with van der Waals surface area (Å²) in [6.45, 7) is 12.7. The molecular weight excluding hydrogens is 755 g/mol. The predicted molar refractivity (Wildman–Crippen MR) is 172 cm³/mol. The number of carbonyl (C=O) groups excluding carboxylic acids is 1. The zero-order valence-corrected chi connectivity index (χ0v) is 28.8. The van der Waals surface area contributed by atoms with Crippen molar-refractivity contribution in [3.8, 4) is 11.4 Å². The number of hydrogen-bond donors (Lipinski definition) is 0. The molecule has 10 heteroatoms. The van der Waals surface area contributed by atoms with Crippen molar-refractivity contribution in [3.05, 3.63) is 136 Å². The van der Waals surface area contributed by atoms with Crippen molar-refractivity contribution >= 4 is 28.0 Å². The number of fused-ring (bicyclic) bond motifs is 2. The molecule has 0 radical (unpaired) electrons. The summed E-state index contributed by atoms with van der Waals surface area (Å²) < 4.78 is 0. The van der Waals surface area contributed by atoms with Gasteiger partial charge in [-0.2, -0.15) is 44.1 Å². The van der Waals surface area contributed by atoms with Crippen molar-refractivity contribution in [2.45, 2.75) is 41.5 Å². The molecular formula is C36H32IrN7O2. The van der Waals surface area contributed by atoms with Crippen molar-refractivity contribution in [3.63, 3.8) is 0 Å². The molecule has 0 aliphatic rings. The van der Waals surface area contributed by atoms with E-state index in [9.17, 15) is 9.90 Å². The van der Waals surface area contributed by atoms with Gasteiger partial charge in [-0.25, -0.2) is 10.2 Å². The van der Waals surface area contributed by atoms with E-state index < -0.39 is 5.97 Å². The largest absolute Gasteiger partial charge is 3.00 e. The smallest absolute Gasteiger partial charge is 0.543 e. The first-order valence-corrected chi connectivity index (χ1v) is 14.4. The molecule has 0 bridgehead atoms. The van der Waals surface area contributed by atoms with Crippen LogP contribution in [0.5, 0.6) is 0 Å². The average molecular weight is 787 g/mol. The summed E-state index contributed by atoms with van der Waals surface area (Å²) in [5.41, 5.74) is 13.2. The van der Waals surface area contributed by atoms with Crippen molar-refractivity contribution in [1.82, 2.24) is 35.0 Å². The van der Waals surface area contributed by atoms with Gasteiger partial charge in [0.05, 0.1) is 23.0 Å². The molecule has 0 spiro atoms. The number of rotatable bonds is 3. The minimum absolute atomic E-state index is 0. The quantitative estimate of drug-likeness (QED) is 0.210. The second-order valence-electron chi connectivity index (χ2n) is 10.6. The summed E-state index contributed by atoms with van der Waals surface area (Å²) in [4.78, 5) is 17.0. The van der Waals surface area contributed by atoms with E-state index in [0.717, 1.165) is 33.4 Å². The number of nitrogens with zero attached hydrogens (tertiary/aromatic N) is 7. The number of benzene rings is 4. The average Bonchev–Trinajstić information content (AvgIpc) is 3.68. The first-order valence-electron chi connectivity index (χ1n) is 14.4. The molecule has 0 aliphatic heterocycles. The standard InChI is InChI=1S/2C15H14N3.C6H5NO2.Ir/c2*1-10-8-9-15(12(3)11(10)2)18-16-13-6-4-5-7-14(13)17-18;8-6(9)5-3-1-2-4-7-5;/h2*4,6-9H,1-3H3;1-4H,(H,8,9);/q2*-1;;+3/p-1. The fourth-order valence-corrected chi connectivity index (χ4v) is 4.62. The Morgan fingerprint density at radius 1 is 0.609 bits per heavy atom. The van der Waals surface area contributed by atoms with Gasteiger partial charge >= 0.3 is 20.1 Å². The Morgan fingerprint density at radius 2 is 1.07 bits per heavy atom. The third-order valence-electron chi connectivity index (χ3n) is 7.81. The Labute approximate surface area is 281 Å². The summed E-state index contributed by atoms with van der Waals surface area (Å²) in [5, 5.41) is 28.0. The molecule has 0 N–H and O–H groups in total. The Hall–Kier alpha value is -5.05. The Morgan fingerprint density at radius 3 is 1.43 bits per heavy atom. The van der Waals surface area contributed by atoms with Gasteiger partial charge in [0.25, 0.3) is 0 Å². The van der Waals surface area contributed by atoms with Gasteiger partial charge in [-0.05, 0) is 99.2 Å². The van der Waals surface area contributed by atoms with E-state index >= 15 is 0 Å².